The van der Waals surface area contributed by atoms with Crippen LogP contribution in [0.5, 0.6) is 0 Å². The summed E-state index contributed by atoms with van der Waals surface area (Å²) in [5, 5.41) is 11.0. The third-order valence-electron chi connectivity index (χ3n) is 2.95. The predicted octanol–water partition coefficient (Wildman–Crippen LogP) is 2.93. The molecule has 0 spiro atoms. The van der Waals surface area contributed by atoms with E-state index < -0.39 is 5.60 Å². The van der Waals surface area contributed by atoms with E-state index in [1.165, 1.54) is 12.1 Å². The first kappa shape index (κ1) is 11.0. The standard InChI is InChI=1S/C12H15FOS/c1-9-6-7-12(14,8-15-9)10-2-4-11(13)5-3-10/h2-5,9,14H,6-8H2,1H3. The lowest BCUT2D eigenvalue weighted by molar-refractivity contribution is 0.0471. The van der Waals surface area contributed by atoms with Crippen molar-refractivity contribution in [3.63, 3.8) is 0 Å². The summed E-state index contributed by atoms with van der Waals surface area (Å²) < 4.78 is 12.8. The van der Waals surface area contributed by atoms with E-state index in [9.17, 15) is 9.50 Å². The zero-order valence-corrected chi connectivity index (χ0v) is 9.56. The van der Waals surface area contributed by atoms with Crippen LogP contribution in [0.3, 0.4) is 0 Å². The highest BCUT2D eigenvalue weighted by molar-refractivity contribution is 7.99. The maximum absolute atomic E-state index is 12.8. The van der Waals surface area contributed by atoms with Crippen molar-refractivity contribution in [2.75, 3.05) is 5.75 Å². The highest BCUT2D eigenvalue weighted by atomic mass is 32.2. The third-order valence-corrected chi connectivity index (χ3v) is 4.40. The van der Waals surface area contributed by atoms with Gasteiger partial charge in [-0.1, -0.05) is 19.1 Å². The van der Waals surface area contributed by atoms with E-state index in [4.69, 9.17) is 0 Å². The van der Waals surface area contributed by atoms with Gasteiger partial charge in [-0.25, -0.2) is 4.39 Å². The van der Waals surface area contributed by atoms with Crippen molar-refractivity contribution in [3.05, 3.63) is 35.6 Å². The normalized spacial score (nSPS) is 31.5. The molecule has 1 fully saturated rings. The molecule has 0 saturated carbocycles. The molecule has 3 heteroatoms. The molecule has 1 N–H and O–H groups in total. The van der Waals surface area contributed by atoms with E-state index in [0.717, 1.165) is 18.4 Å². The van der Waals surface area contributed by atoms with E-state index in [2.05, 4.69) is 6.92 Å². The van der Waals surface area contributed by atoms with Crippen molar-refractivity contribution in [1.29, 1.82) is 0 Å². The van der Waals surface area contributed by atoms with Crippen molar-refractivity contribution in [2.45, 2.75) is 30.6 Å². The highest BCUT2D eigenvalue weighted by Crippen LogP contribution is 2.38. The van der Waals surface area contributed by atoms with Crippen LogP contribution in [0.15, 0.2) is 24.3 Å². The molecule has 2 atom stereocenters. The number of halogens is 1. The van der Waals surface area contributed by atoms with Gasteiger partial charge in [-0.3, -0.25) is 0 Å². The Labute approximate surface area is 93.7 Å². The van der Waals surface area contributed by atoms with Gasteiger partial charge in [0.15, 0.2) is 0 Å². The first-order valence-electron chi connectivity index (χ1n) is 5.20. The highest BCUT2D eigenvalue weighted by Gasteiger charge is 2.33. The van der Waals surface area contributed by atoms with Crippen LogP contribution in [0.2, 0.25) is 0 Å². The maximum atomic E-state index is 12.8. The number of hydrogen-bond donors (Lipinski definition) is 1. The van der Waals surface area contributed by atoms with Gasteiger partial charge in [0.25, 0.3) is 0 Å². The minimum absolute atomic E-state index is 0.251. The zero-order chi connectivity index (χ0) is 10.9. The molecule has 1 aliphatic heterocycles. The smallest absolute Gasteiger partial charge is 0.123 e. The van der Waals surface area contributed by atoms with Gasteiger partial charge in [0.05, 0.1) is 5.60 Å². The molecule has 82 valence electrons. The second kappa shape index (κ2) is 4.14. The molecule has 1 aromatic carbocycles. The third kappa shape index (κ3) is 2.34. The molecule has 0 radical (unpaired) electrons. The van der Waals surface area contributed by atoms with E-state index >= 15 is 0 Å². The van der Waals surface area contributed by atoms with E-state index in [-0.39, 0.29) is 5.82 Å². The molecule has 1 nitrogen and oxygen atoms in total. The number of thioether (sulfide) groups is 1. The fraction of sp³-hybridized carbons (Fsp3) is 0.500. The Kier molecular flexibility index (Phi) is 3.03. The summed E-state index contributed by atoms with van der Waals surface area (Å²) in [5.74, 6) is 0.457. The average Bonchev–Trinajstić information content (AvgIpc) is 2.24. The van der Waals surface area contributed by atoms with Crippen LogP contribution in [-0.2, 0) is 5.60 Å². The molecule has 0 aromatic heterocycles. The lowest BCUT2D eigenvalue weighted by Gasteiger charge is -2.34. The molecular weight excluding hydrogens is 211 g/mol. The number of benzene rings is 1. The van der Waals surface area contributed by atoms with Crippen LogP contribution < -0.4 is 0 Å². The second-order valence-corrected chi connectivity index (χ2v) is 5.63. The minimum atomic E-state index is -0.759. The largest absolute Gasteiger partial charge is 0.384 e. The van der Waals surface area contributed by atoms with Crippen molar-refractivity contribution in [1.82, 2.24) is 0 Å². The van der Waals surface area contributed by atoms with Gasteiger partial charge in [-0.15, -0.1) is 0 Å². The van der Waals surface area contributed by atoms with Crippen molar-refractivity contribution in [3.8, 4) is 0 Å². The Morgan fingerprint density at radius 1 is 1.40 bits per heavy atom. The molecule has 1 saturated heterocycles. The molecule has 15 heavy (non-hydrogen) atoms. The molecule has 1 heterocycles. The first-order valence-corrected chi connectivity index (χ1v) is 6.25. The van der Waals surface area contributed by atoms with Gasteiger partial charge < -0.3 is 5.11 Å². The van der Waals surface area contributed by atoms with Gasteiger partial charge in [-0.2, -0.15) is 11.8 Å². The van der Waals surface area contributed by atoms with Crippen LogP contribution in [0.4, 0.5) is 4.39 Å². The summed E-state index contributed by atoms with van der Waals surface area (Å²) in [7, 11) is 0. The van der Waals surface area contributed by atoms with E-state index in [1.807, 2.05) is 0 Å². The zero-order valence-electron chi connectivity index (χ0n) is 8.74. The molecular formula is C12H15FOS. The van der Waals surface area contributed by atoms with Gasteiger partial charge in [0.2, 0.25) is 0 Å². The Bertz CT molecular complexity index is 328. The number of rotatable bonds is 1. The molecule has 0 aliphatic carbocycles. The van der Waals surface area contributed by atoms with Crippen LogP contribution in [-0.4, -0.2) is 16.1 Å². The van der Waals surface area contributed by atoms with Gasteiger partial charge >= 0.3 is 0 Å². The monoisotopic (exact) mass is 226 g/mol. The first-order chi connectivity index (χ1) is 7.10. The quantitative estimate of drug-likeness (QED) is 0.794. The Morgan fingerprint density at radius 2 is 2.07 bits per heavy atom. The Balaban J connectivity index is 2.18. The SMILES string of the molecule is CC1CCC(O)(c2ccc(F)cc2)CS1. The second-order valence-electron chi connectivity index (χ2n) is 4.20. The van der Waals surface area contributed by atoms with Crippen LogP contribution in [0, 0.1) is 5.82 Å². The average molecular weight is 226 g/mol. The molecule has 0 bridgehead atoms. The van der Waals surface area contributed by atoms with Crippen LogP contribution >= 0.6 is 11.8 Å². The minimum Gasteiger partial charge on any atom is -0.384 e. The lowest BCUT2D eigenvalue weighted by Crippen LogP contribution is -2.33. The number of hydrogen-bond acceptors (Lipinski definition) is 2. The van der Waals surface area contributed by atoms with Gasteiger partial charge in [0.1, 0.15) is 5.82 Å². The summed E-state index contributed by atoms with van der Waals surface area (Å²) >= 11 is 1.78. The summed E-state index contributed by atoms with van der Waals surface area (Å²) in [6, 6.07) is 6.20. The lowest BCUT2D eigenvalue weighted by atomic mass is 9.90. The fourth-order valence-electron chi connectivity index (χ4n) is 1.87. The predicted molar refractivity (Wildman–Crippen MR) is 61.5 cm³/mol. The Morgan fingerprint density at radius 3 is 2.60 bits per heavy atom. The van der Waals surface area contributed by atoms with Crippen molar-refractivity contribution < 1.29 is 9.50 Å². The van der Waals surface area contributed by atoms with E-state index in [0.29, 0.717) is 11.0 Å². The molecule has 0 amide bonds. The fourth-order valence-corrected chi connectivity index (χ4v) is 3.02. The van der Waals surface area contributed by atoms with Crippen molar-refractivity contribution >= 4 is 11.8 Å². The van der Waals surface area contributed by atoms with Crippen LogP contribution in [0.1, 0.15) is 25.3 Å². The van der Waals surface area contributed by atoms with Crippen LogP contribution in [0.25, 0.3) is 0 Å². The summed E-state index contributed by atoms with van der Waals surface area (Å²) in [5.41, 5.74) is 0.0773. The topological polar surface area (TPSA) is 20.2 Å². The number of aliphatic hydroxyl groups is 1. The summed E-state index contributed by atoms with van der Waals surface area (Å²) in [6.45, 7) is 2.18. The van der Waals surface area contributed by atoms with E-state index in [1.54, 1.807) is 23.9 Å². The molecule has 2 unspecified atom stereocenters. The summed E-state index contributed by atoms with van der Waals surface area (Å²) in [6.07, 6.45) is 1.78. The molecule has 1 aliphatic rings. The Hall–Kier alpha value is -0.540. The maximum Gasteiger partial charge on any atom is 0.123 e. The van der Waals surface area contributed by atoms with Gasteiger partial charge in [-0.05, 0) is 30.5 Å². The summed E-state index contributed by atoms with van der Waals surface area (Å²) in [4.78, 5) is 0. The molecule has 1 aromatic rings. The van der Waals surface area contributed by atoms with Gasteiger partial charge in [0, 0.05) is 11.0 Å². The molecule has 2 rings (SSSR count). The van der Waals surface area contributed by atoms with Crippen molar-refractivity contribution in [2.24, 2.45) is 0 Å².